The lowest BCUT2D eigenvalue weighted by Crippen LogP contribution is -2.52. The Morgan fingerprint density at radius 1 is 1.12 bits per heavy atom. The van der Waals surface area contributed by atoms with Gasteiger partial charge in [0.1, 0.15) is 12.1 Å². The van der Waals surface area contributed by atoms with Gasteiger partial charge in [0.2, 0.25) is 11.8 Å². The number of para-hydroxylation sites is 1. The third-order valence-electron chi connectivity index (χ3n) is 8.68. The van der Waals surface area contributed by atoms with E-state index in [9.17, 15) is 14.7 Å². The number of fused-ring (bicyclic) bond motifs is 2. The van der Waals surface area contributed by atoms with Crippen LogP contribution in [0.15, 0.2) is 47.0 Å². The summed E-state index contributed by atoms with van der Waals surface area (Å²) in [5, 5.41) is 10.3. The number of hydrogen-bond donors (Lipinski definition) is 1. The van der Waals surface area contributed by atoms with Gasteiger partial charge in [0.05, 0.1) is 17.6 Å². The molecule has 10 heteroatoms. The fraction of sp³-hybridized carbons (Fsp3) is 0.469. The SMILES string of the molecule is Cn1cc(-c2nc3ccc(CC(=O)COC(C)(OC4CCC(C(=O)O)CC4)N4CCCC4)c(F)c3o2)c2ccccc21. The first-order valence-corrected chi connectivity index (χ1v) is 14.7. The maximum Gasteiger partial charge on any atom is 0.306 e. The van der Waals surface area contributed by atoms with Gasteiger partial charge in [0.15, 0.2) is 17.2 Å². The topological polar surface area (TPSA) is 107 Å². The Balaban J connectivity index is 1.15. The van der Waals surface area contributed by atoms with Crippen LogP contribution in [0.2, 0.25) is 0 Å². The number of aliphatic carboxylic acids is 1. The highest BCUT2D eigenvalue weighted by atomic mass is 19.1. The predicted octanol–water partition coefficient (Wildman–Crippen LogP) is 5.68. The molecular formula is C32H36FN3O6. The molecule has 2 fully saturated rings. The van der Waals surface area contributed by atoms with Crippen molar-refractivity contribution < 1.29 is 33.0 Å². The molecule has 4 aromatic rings. The number of carbonyl (C=O) groups is 2. The zero-order chi connectivity index (χ0) is 29.4. The maximum absolute atomic E-state index is 15.6. The quantitative estimate of drug-likeness (QED) is 0.240. The van der Waals surface area contributed by atoms with Crippen LogP contribution in [0.25, 0.3) is 33.5 Å². The van der Waals surface area contributed by atoms with Gasteiger partial charge in [0.25, 0.3) is 0 Å². The monoisotopic (exact) mass is 577 g/mol. The molecule has 1 saturated carbocycles. The van der Waals surface area contributed by atoms with Crippen molar-refractivity contribution in [1.82, 2.24) is 14.5 Å². The van der Waals surface area contributed by atoms with Gasteiger partial charge in [-0.25, -0.2) is 9.37 Å². The molecule has 6 rings (SSSR count). The van der Waals surface area contributed by atoms with E-state index < -0.39 is 17.7 Å². The van der Waals surface area contributed by atoms with Gasteiger partial charge < -0.3 is 23.6 Å². The third-order valence-corrected chi connectivity index (χ3v) is 8.68. The van der Waals surface area contributed by atoms with Crippen LogP contribution in [-0.2, 0) is 32.5 Å². The van der Waals surface area contributed by atoms with Crippen LogP contribution < -0.4 is 0 Å². The van der Waals surface area contributed by atoms with Crippen molar-refractivity contribution in [3.05, 3.63) is 54.0 Å². The molecule has 9 nitrogen and oxygen atoms in total. The Kier molecular flexibility index (Phi) is 7.87. The first-order valence-electron chi connectivity index (χ1n) is 14.7. The minimum absolute atomic E-state index is 0.0198. The zero-order valence-electron chi connectivity index (χ0n) is 24.0. The smallest absolute Gasteiger partial charge is 0.306 e. The number of oxazole rings is 1. The van der Waals surface area contributed by atoms with Gasteiger partial charge in [-0.05, 0) is 56.2 Å². The van der Waals surface area contributed by atoms with E-state index in [0.29, 0.717) is 37.1 Å². The molecule has 0 spiro atoms. The van der Waals surface area contributed by atoms with E-state index in [-0.39, 0.29) is 42.0 Å². The number of ketones is 1. The molecule has 1 atom stereocenters. The van der Waals surface area contributed by atoms with Gasteiger partial charge >= 0.3 is 5.97 Å². The number of rotatable bonds is 10. The fourth-order valence-corrected chi connectivity index (χ4v) is 6.30. The number of carbonyl (C=O) groups excluding carboxylic acids is 1. The number of aryl methyl sites for hydroxylation is 1. The lowest BCUT2D eigenvalue weighted by Gasteiger charge is -2.41. The summed E-state index contributed by atoms with van der Waals surface area (Å²) < 4.78 is 36.0. The van der Waals surface area contributed by atoms with Gasteiger partial charge in [-0.15, -0.1) is 0 Å². The molecule has 42 heavy (non-hydrogen) atoms. The first-order chi connectivity index (χ1) is 20.2. The molecule has 3 heterocycles. The fourth-order valence-electron chi connectivity index (χ4n) is 6.30. The molecule has 0 amide bonds. The van der Waals surface area contributed by atoms with Crippen molar-refractivity contribution in [2.24, 2.45) is 13.0 Å². The van der Waals surface area contributed by atoms with Gasteiger partial charge in [-0.2, -0.15) is 0 Å². The molecule has 222 valence electrons. The summed E-state index contributed by atoms with van der Waals surface area (Å²) >= 11 is 0. The molecule has 1 saturated heterocycles. The second-order valence-electron chi connectivity index (χ2n) is 11.6. The average Bonchev–Trinajstić information content (AvgIpc) is 3.74. The Morgan fingerprint density at radius 3 is 2.60 bits per heavy atom. The van der Waals surface area contributed by atoms with Crippen LogP contribution in [0.5, 0.6) is 0 Å². The van der Waals surface area contributed by atoms with Crippen LogP contribution in [0.1, 0.15) is 51.0 Å². The summed E-state index contributed by atoms with van der Waals surface area (Å²) in [6.45, 7) is 3.15. The van der Waals surface area contributed by atoms with E-state index in [1.54, 1.807) is 12.1 Å². The Morgan fingerprint density at radius 2 is 1.86 bits per heavy atom. The summed E-state index contributed by atoms with van der Waals surface area (Å²) in [7, 11) is 1.94. The normalized spacial score (nSPS) is 21.2. The summed E-state index contributed by atoms with van der Waals surface area (Å²) in [4.78, 5) is 31.0. The van der Waals surface area contributed by atoms with Crippen molar-refractivity contribution in [3.63, 3.8) is 0 Å². The summed E-state index contributed by atoms with van der Waals surface area (Å²) in [6.07, 6.45) is 5.97. The van der Waals surface area contributed by atoms with E-state index in [4.69, 9.17) is 13.9 Å². The summed E-state index contributed by atoms with van der Waals surface area (Å²) in [5.74, 6) is -2.79. The van der Waals surface area contributed by atoms with Crippen molar-refractivity contribution in [1.29, 1.82) is 0 Å². The van der Waals surface area contributed by atoms with Gasteiger partial charge in [-0.3, -0.25) is 14.5 Å². The van der Waals surface area contributed by atoms with Crippen molar-refractivity contribution in [2.75, 3.05) is 19.7 Å². The molecule has 2 aromatic carbocycles. The van der Waals surface area contributed by atoms with Gasteiger partial charge in [-0.1, -0.05) is 24.3 Å². The van der Waals surface area contributed by atoms with Crippen molar-refractivity contribution >= 4 is 33.8 Å². The second kappa shape index (κ2) is 11.6. The number of hydrogen-bond acceptors (Lipinski definition) is 7. The minimum atomic E-state index is -1.12. The highest BCUT2D eigenvalue weighted by molar-refractivity contribution is 5.95. The molecule has 2 aromatic heterocycles. The molecule has 1 unspecified atom stereocenters. The number of aromatic nitrogens is 2. The standard InChI is InChI=1S/C32H36FN3O6/c1-32(36-15-5-6-16-36,42-23-12-9-20(10-13-23)31(38)39)40-19-22(37)17-21-11-14-26-29(28(21)33)41-30(34-26)25-18-35(2)27-8-4-3-7-24(25)27/h3-4,7-8,11,14,18,20,23H,5-6,9-10,12-13,15-17,19H2,1-2H3,(H,38,39). The Hall–Kier alpha value is -3.60. The van der Waals surface area contributed by atoms with Crippen LogP contribution in [0, 0.1) is 11.7 Å². The van der Waals surface area contributed by atoms with Crippen LogP contribution in [0.3, 0.4) is 0 Å². The number of ether oxygens (including phenoxy) is 2. The number of Topliss-reactive ketones (excluding diaryl/α,β-unsaturated/α-hetero) is 1. The van der Waals surface area contributed by atoms with Crippen molar-refractivity contribution in [3.8, 4) is 11.5 Å². The van der Waals surface area contributed by atoms with Gasteiger partial charge in [0, 0.05) is 50.6 Å². The molecule has 1 aliphatic heterocycles. The highest BCUT2D eigenvalue weighted by Crippen LogP contribution is 2.35. The number of nitrogens with zero attached hydrogens (tertiary/aromatic N) is 3. The maximum atomic E-state index is 15.6. The minimum Gasteiger partial charge on any atom is -0.481 e. The average molecular weight is 578 g/mol. The van der Waals surface area contributed by atoms with Crippen LogP contribution >= 0.6 is 0 Å². The van der Waals surface area contributed by atoms with E-state index in [1.807, 2.05) is 49.0 Å². The van der Waals surface area contributed by atoms with Crippen LogP contribution in [0.4, 0.5) is 4.39 Å². The molecule has 0 bridgehead atoms. The molecule has 1 N–H and O–H groups in total. The molecule has 0 radical (unpaired) electrons. The third kappa shape index (κ3) is 5.58. The van der Waals surface area contributed by atoms with Crippen LogP contribution in [-0.4, -0.2) is 63.0 Å². The number of likely N-dealkylation sites (tertiary alicyclic amines) is 1. The van der Waals surface area contributed by atoms with E-state index >= 15 is 4.39 Å². The molecule has 1 aliphatic carbocycles. The first kappa shape index (κ1) is 28.5. The Labute approximate surface area is 243 Å². The lowest BCUT2D eigenvalue weighted by atomic mass is 9.87. The second-order valence-corrected chi connectivity index (χ2v) is 11.6. The van der Waals surface area contributed by atoms with E-state index in [0.717, 1.165) is 42.4 Å². The van der Waals surface area contributed by atoms with E-state index in [2.05, 4.69) is 9.88 Å². The largest absolute Gasteiger partial charge is 0.481 e. The van der Waals surface area contributed by atoms with E-state index in [1.165, 1.54) is 0 Å². The summed E-state index contributed by atoms with van der Waals surface area (Å²) in [5.41, 5.74) is 2.40. The number of carboxylic acids is 1. The van der Waals surface area contributed by atoms with Crippen molar-refractivity contribution in [2.45, 2.75) is 63.9 Å². The number of halogens is 1. The zero-order valence-corrected chi connectivity index (χ0v) is 24.0. The Bertz CT molecular complexity index is 1620. The molecular weight excluding hydrogens is 541 g/mol. The highest BCUT2D eigenvalue weighted by Gasteiger charge is 2.40. The number of carboxylic acid groups (broad SMARTS) is 1. The lowest BCUT2D eigenvalue weighted by molar-refractivity contribution is -0.320. The number of benzene rings is 2. The predicted molar refractivity (Wildman–Crippen MR) is 154 cm³/mol. The summed E-state index contributed by atoms with van der Waals surface area (Å²) in [6, 6.07) is 11.1. The molecule has 2 aliphatic rings.